The van der Waals surface area contributed by atoms with E-state index in [4.69, 9.17) is 0 Å². The Balaban J connectivity index is 4.61. The van der Waals surface area contributed by atoms with Crippen LogP contribution in [0.15, 0.2) is 11.3 Å². The summed E-state index contributed by atoms with van der Waals surface area (Å²) < 4.78 is 0. The van der Waals surface area contributed by atoms with Crippen molar-refractivity contribution in [2.45, 2.75) is 25.9 Å². The lowest BCUT2D eigenvalue weighted by Gasteiger charge is -2.42. The van der Waals surface area contributed by atoms with Crippen molar-refractivity contribution in [3.63, 3.8) is 0 Å². The zero-order chi connectivity index (χ0) is 10.6. The van der Waals surface area contributed by atoms with Crippen LogP contribution in [0.5, 0.6) is 0 Å². The maximum Gasteiger partial charge on any atom is 0.0736 e. The maximum atomic E-state index is 2.32. The van der Waals surface area contributed by atoms with Gasteiger partial charge in [0.05, 0.1) is 5.66 Å². The standard InChI is InChI=1S/C10H24N2Si/c1-9(8-13)7-10(2,11(3)4)12(5)6/h8H,7H2,1-6,13H3. The Morgan fingerprint density at radius 1 is 1.23 bits per heavy atom. The predicted molar refractivity (Wildman–Crippen MR) is 64.1 cm³/mol. The Labute approximate surface area is 86.0 Å². The lowest BCUT2D eigenvalue weighted by atomic mass is 10.0. The first kappa shape index (κ1) is 12.9. The van der Waals surface area contributed by atoms with E-state index < -0.39 is 0 Å². The van der Waals surface area contributed by atoms with Gasteiger partial charge in [-0.25, -0.2) is 0 Å². The van der Waals surface area contributed by atoms with Crippen LogP contribution in [0.25, 0.3) is 0 Å². The monoisotopic (exact) mass is 200 g/mol. The molecule has 0 aliphatic carbocycles. The highest BCUT2D eigenvalue weighted by Gasteiger charge is 2.28. The van der Waals surface area contributed by atoms with Crippen LogP contribution in [0.1, 0.15) is 20.3 Å². The second kappa shape index (κ2) is 4.93. The third-order valence-corrected chi connectivity index (χ3v) is 4.02. The van der Waals surface area contributed by atoms with Crippen LogP contribution in [-0.2, 0) is 0 Å². The quantitative estimate of drug-likeness (QED) is 0.481. The Hall–Kier alpha value is -0.123. The topological polar surface area (TPSA) is 6.48 Å². The van der Waals surface area contributed by atoms with Crippen molar-refractivity contribution in [1.82, 2.24) is 9.80 Å². The highest BCUT2D eigenvalue weighted by Crippen LogP contribution is 2.22. The van der Waals surface area contributed by atoms with Crippen molar-refractivity contribution in [2.24, 2.45) is 0 Å². The summed E-state index contributed by atoms with van der Waals surface area (Å²) in [6.45, 7) is 4.50. The minimum atomic E-state index is 0.144. The molecule has 0 N–H and O–H groups in total. The Morgan fingerprint density at radius 2 is 1.62 bits per heavy atom. The van der Waals surface area contributed by atoms with Gasteiger partial charge in [0, 0.05) is 10.2 Å². The van der Waals surface area contributed by atoms with Crippen LogP contribution in [0.4, 0.5) is 0 Å². The van der Waals surface area contributed by atoms with E-state index in [2.05, 4.69) is 57.5 Å². The molecule has 13 heavy (non-hydrogen) atoms. The minimum absolute atomic E-state index is 0.144. The molecule has 0 aromatic heterocycles. The lowest BCUT2D eigenvalue weighted by molar-refractivity contribution is 0.0219. The molecule has 78 valence electrons. The Kier molecular flexibility index (Phi) is 4.89. The van der Waals surface area contributed by atoms with Crippen LogP contribution in [0.3, 0.4) is 0 Å². The van der Waals surface area contributed by atoms with Crippen molar-refractivity contribution in [1.29, 1.82) is 0 Å². The molecule has 0 heterocycles. The molecule has 0 radical (unpaired) electrons. The van der Waals surface area contributed by atoms with Crippen LogP contribution in [0.2, 0.25) is 0 Å². The van der Waals surface area contributed by atoms with E-state index in [1.807, 2.05) is 0 Å². The van der Waals surface area contributed by atoms with Gasteiger partial charge >= 0.3 is 0 Å². The van der Waals surface area contributed by atoms with Crippen molar-refractivity contribution in [3.05, 3.63) is 11.3 Å². The van der Waals surface area contributed by atoms with Crippen molar-refractivity contribution in [3.8, 4) is 0 Å². The van der Waals surface area contributed by atoms with E-state index >= 15 is 0 Å². The first-order valence-electron chi connectivity index (χ1n) is 4.81. The summed E-state index contributed by atoms with van der Waals surface area (Å²) in [7, 11) is 9.72. The molecular formula is C10H24N2Si. The molecule has 0 amide bonds. The fourth-order valence-electron chi connectivity index (χ4n) is 1.35. The van der Waals surface area contributed by atoms with Gasteiger partial charge < -0.3 is 0 Å². The van der Waals surface area contributed by atoms with Gasteiger partial charge in [0.25, 0.3) is 0 Å². The molecule has 0 fully saturated rings. The third kappa shape index (κ3) is 3.25. The van der Waals surface area contributed by atoms with Gasteiger partial charge in [-0.05, 0) is 48.5 Å². The zero-order valence-corrected chi connectivity index (χ0v) is 12.2. The predicted octanol–water partition coefficient (Wildman–Crippen LogP) is 0.485. The fourth-order valence-corrected chi connectivity index (χ4v) is 1.55. The van der Waals surface area contributed by atoms with Crippen LogP contribution in [0, 0.1) is 0 Å². The molecule has 0 saturated carbocycles. The van der Waals surface area contributed by atoms with E-state index in [0.29, 0.717) is 0 Å². The molecular weight excluding hydrogens is 176 g/mol. The average Bonchev–Trinajstić information content (AvgIpc) is 2.03. The number of hydrogen-bond donors (Lipinski definition) is 0. The van der Waals surface area contributed by atoms with Crippen molar-refractivity contribution in [2.75, 3.05) is 28.2 Å². The van der Waals surface area contributed by atoms with Gasteiger partial charge in [0.1, 0.15) is 0 Å². The molecule has 0 saturated heterocycles. The van der Waals surface area contributed by atoms with Crippen LogP contribution < -0.4 is 0 Å². The largest absolute Gasteiger partial charge is 0.291 e. The third-order valence-electron chi connectivity index (χ3n) is 3.03. The molecule has 0 atom stereocenters. The summed E-state index contributed by atoms with van der Waals surface area (Å²) in [6.07, 6.45) is 1.12. The normalized spacial score (nSPS) is 14.6. The van der Waals surface area contributed by atoms with Gasteiger partial charge in [0.15, 0.2) is 0 Å². The number of rotatable bonds is 4. The molecule has 0 rings (SSSR count). The smallest absolute Gasteiger partial charge is 0.0736 e. The van der Waals surface area contributed by atoms with Crippen molar-refractivity contribution >= 4 is 10.2 Å². The highest BCUT2D eigenvalue weighted by molar-refractivity contribution is 6.17. The van der Waals surface area contributed by atoms with E-state index in [1.165, 1.54) is 5.57 Å². The second-order valence-corrected chi connectivity index (χ2v) is 4.90. The van der Waals surface area contributed by atoms with E-state index in [9.17, 15) is 0 Å². The number of hydrogen-bond acceptors (Lipinski definition) is 2. The summed E-state index contributed by atoms with van der Waals surface area (Å²) in [6, 6.07) is 0. The summed E-state index contributed by atoms with van der Waals surface area (Å²) in [5, 5.41) is 0. The summed E-state index contributed by atoms with van der Waals surface area (Å²) in [5.41, 5.74) is 3.97. The number of nitrogens with zero attached hydrogens (tertiary/aromatic N) is 2. The van der Waals surface area contributed by atoms with E-state index in [-0.39, 0.29) is 5.66 Å². The molecule has 0 aliphatic rings. The summed E-state index contributed by atoms with van der Waals surface area (Å²) >= 11 is 0. The molecule has 0 aliphatic heterocycles. The molecule has 3 heteroatoms. The minimum Gasteiger partial charge on any atom is -0.291 e. The summed E-state index contributed by atoms with van der Waals surface area (Å²) in [5.74, 6) is 0. The van der Waals surface area contributed by atoms with Gasteiger partial charge in [-0.2, -0.15) is 0 Å². The van der Waals surface area contributed by atoms with Gasteiger partial charge in [-0.3, -0.25) is 9.80 Å². The van der Waals surface area contributed by atoms with E-state index in [1.54, 1.807) is 0 Å². The summed E-state index contributed by atoms with van der Waals surface area (Å²) in [4.78, 5) is 4.56. The van der Waals surface area contributed by atoms with Gasteiger partial charge in [-0.15, -0.1) is 5.70 Å². The van der Waals surface area contributed by atoms with Crippen molar-refractivity contribution < 1.29 is 0 Å². The zero-order valence-electron chi connectivity index (χ0n) is 10.2. The molecule has 0 bridgehead atoms. The molecule has 0 spiro atoms. The first-order valence-corrected chi connectivity index (χ1v) is 5.96. The lowest BCUT2D eigenvalue weighted by Crippen LogP contribution is -2.52. The maximum absolute atomic E-state index is 2.32. The van der Waals surface area contributed by atoms with E-state index in [0.717, 1.165) is 16.7 Å². The molecule has 0 unspecified atom stereocenters. The first-order chi connectivity index (χ1) is 5.84. The van der Waals surface area contributed by atoms with Gasteiger partial charge in [-0.1, -0.05) is 5.57 Å². The molecule has 0 aromatic carbocycles. The molecule has 0 aromatic rings. The Morgan fingerprint density at radius 3 is 1.85 bits per heavy atom. The fraction of sp³-hybridized carbons (Fsp3) is 0.800. The Bertz CT molecular complexity index is 177. The average molecular weight is 200 g/mol. The highest BCUT2D eigenvalue weighted by atomic mass is 28.1. The SMILES string of the molecule is CC(=C[SiH3])CC(C)(N(C)C)N(C)C. The van der Waals surface area contributed by atoms with Crippen LogP contribution >= 0.6 is 0 Å². The van der Waals surface area contributed by atoms with Gasteiger partial charge in [0.2, 0.25) is 0 Å². The second-order valence-electron chi connectivity index (χ2n) is 4.32. The van der Waals surface area contributed by atoms with Crippen LogP contribution in [-0.4, -0.2) is 53.9 Å². The molecule has 2 nitrogen and oxygen atoms in total.